The fraction of sp³-hybridized carbons (Fsp3) is 0.588. The number of rotatable bonds is 7. The van der Waals surface area contributed by atoms with E-state index in [0.29, 0.717) is 37.2 Å². The van der Waals surface area contributed by atoms with E-state index in [1.165, 1.54) is 23.5 Å². The second-order valence-electron chi connectivity index (χ2n) is 14.9. The molecule has 0 atom stereocenters. The number of aromatic hydroxyl groups is 2. The molecule has 0 spiro atoms. The van der Waals surface area contributed by atoms with Crippen LogP contribution in [-0.4, -0.2) is 20.4 Å². The molecule has 2 aromatic rings. The van der Waals surface area contributed by atoms with Crippen molar-refractivity contribution in [3.63, 3.8) is 0 Å². The van der Waals surface area contributed by atoms with Gasteiger partial charge >= 0.3 is 0 Å². The molecule has 0 fully saturated rings. The van der Waals surface area contributed by atoms with Crippen molar-refractivity contribution in [2.75, 3.05) is 0 Å². The van der Waals surface area contributed by atoms with Crippen LogP contribution in [0.4, 0.5) is 0 Å². The van der Waals surface area contributed by atoms with Gasteiger partial charge in [-0.05, 0) is 58.8 Å². The summed E-state index contributed by atoms with van der Waals surface area (Å²) in [6.07, 6.45) is 2.07. The normalized spacial score (nSPS) is 13.0. The Hall–Kier alpha value is -1.92. The third kappa shape index (κ3) is 9.30. The van der Waals surface area contributed by atoms with E-state index in [0.717, 1.165) is 32.0 Å². The minimum atomic E-state index is -0.249. The molecule has 0 aliphatic carbocycles. The molecule has 0 bridgehead atoms. The number of carbonyl (C=O) groups is 2. The number of phenols is 2. The molecular formula is C34H50O4S2. The van der Waals surface area contributed by atoms with Gasteiger partial charge in [0.15, 0.2) is 10.2 Å². The Morgan fingerprint density at radius 3 is 0.950 bits per heavy atom. The zero-order chi connectivity index (χ0) is 30.8. The van der Waals surface area contributed by atoms with Gasteiger partial charge in [0, 0.05) is 44.9 Å². The largest absolute Gasteiger partial charge is 0.507 e. The minimum Gasteiger partial charge on any atom is -0.507 e. The van der Waals surface area contributed by atoms with Crippen LogP contribution in [0.2, 0.25) is 0 Å². The van der Waals surface area contributed by atoms with Crippen molar-refractivity contribution in [3.8, 4) is 11.5 Å². The molecule has 222 valence electrons. The first-order valence-corrected chi connectivity index (χ1v) is 15.8. The van der Waals surface area contributed by atoms with Crippen molar-refractivity contribution >= 4 is 33.8 Å². The van der Waals surface area contributed by atoms with Gasteiger partial charge in [-0.3, -0.25) is 9.59 Å². The molecule has 0 aliphatic heterocycles. The molecule has 0 saturated heterocycles. The van der Waals surface area contributed by atoms with Gasteiger partial charge < -0.3 is 10.2 Å². The lowest BCUT2D eigenvalue weighted by molar-refractivity contribution is -0.112. The smallest absolute Gasteiger partial charge is 0.193 e. The first kappa shape index (κ1) is 34.3. The van der Waals surface area contributed by atoms with Gasteiger partial charge in [-0.15, -0.1) is 0 Å². The highest BCUT2D eigenvalue weighted by molar-refractivity contribution is 8.14. The molecule has 0 heterocycles. The average molecular weight is 587 g/mol. The number of benzene rings is 2. The summed E-state index contributed by atoms with van der Waals surface area (Å²) in [5, 5.41) is 22.0. The summed E-state index contributed by atoms with van der Waals surface area (Å²) in [5.41, 5.74) is 2.38. The Labute approximate surface area is 251 Å². The molecule has 0 unspecified atom stereocenters. The van der Waals surface area contributed by atoms with Crippen LogP contribution in [-0.2, 0) is 31.2 Å². The van der Waals surface area contributed by atoms with Crippen LogP contribution in [0.25, 0.3) is 0 Å². The first-order valence-electron chi connectivity index (χ1n) is 14.2. The second kappa shape index (κ2) is 12.5. The lowest BCUT2D eigenvalue weighted by atomic mass is 9.79. The summed E-state index contributed by atoms with van der Waals surface area (Å²) in [6.45, 7) is 24.7. The third-order valence-electron chi connectivity index (χ3n) is 6.87. The number of hydrogen-bond donors (Lipinski definition) is 2. The summed E-state index contributed by atoms with van der Waals surface area (Å²) in [6, 6.07) is 7.73. The van der Waals surface area contributed by atoms with Gasteiger partial charge in [0.1, 0.15) is 11.5 Å². The lowest BCUT2D eigenvalue weighted by Crippen LogP contribution is -2.17. The van der Waals surface area contributed by atoms with Gasteiger partial charge in [-0.25, -0.2) is 0 Å². The Morgan fingerprint density at radius 2 is 0.750 bits per heavy atom. The predicted octanol–water partition coefficient (Wildman–Crippen LogP) is 9.79. The van der Waals surface area contributed by atoms with Gasteiger partial charge in [0.05, 0.1) is 0 Å². The fourth-order valence-electron chi connectivity index (χ4n) is 4.52. The molecule has 2 aromatic carbocycles. The van der Waals surface area contributed by atoms with Crippen molar-refractivity contribution in [2.45, 2.75) is 140 Å². The highest BCUT2D eigenvalue weighted by Gasteiger charge is 2.28. The molecule has 40 heavy (non-hydrogen) atoms. The van der Waals surface area contributed by atoms with Gasteiger partial charge in [0.25, 0.3) is 0 Å². The summed E-state index contributed by atoms with van der Waals surface area (Å²) < 4.78 is 0. The maximum absolute atomic E-state index is 12.8. The number of phenolic OH excluding ortho intramolecular Hbond substituents is 2. The molecular weight excluding hydrogens is 537 g/mol. The van der Waals surface area contributed by atoms with Crippen molar-refractivity contribution in [1.29, 1.82) is 0 Å². The van der Waals surface area contributed by atoms with Crippen molar-refractivity contribution in [2.24, 2.45) is 0 Å². The topological polar surface area (TPSA) is 74.6 Å². The fourth-order valence-corrected chi connectivity index (χ4v) is 6.25. The highest BCUT2D eigenvalue weighted by atomic mass is 32.2. The summed E-state index contributed by atoms with van der Waals surface area (Å²) >= 11 is 2.44. The highest BCUT2D eigenvalue weighted by Crippen LogP contribution is 2.43. The Morgan fingerprint density at radius 1 is 0.525 bits per heavy atom. The molecule has 0 aliphatic rings. The van der Waals surface area contributed by atoms with Crippen LogP contribution in [0.3, 0.4) is 0 Å². The van der Waals surface area contributed by atoms with Crippen molar-refractivity contribution in [1.82, 2.24) is 0 Å². The third-order valence-corrected chi connectivity index (χ3v) is 8.68. The number of thioether (sulfide) groups is 2. The SMILES string of the molecule is CC(C)(C)c1cc(SC(=O)CCCCC(=O)Sc2cc(C(C)(C)C)c(O)c(C(C)(C)C)c2)cc(C(C)(C)C)c1O. The summed E-state index contributed by atoms with van der Waals surface area (Å²) in [5.74, 6) is 0.622. The molecule has 0 amide bonds. The van der Waals surface area contributed by atoms with E-state index in [2.05, 4.69) is 83.1 Å². The van der Waals surface area contributed by atoms with E-state index in [1.54, 1.807) is 0 Å². The standard InChI is InChI=1S/C34H50O4S2/c1-31(2,3)23-17-21(18-24(29(23)37)32(4,5)6)39-27(35)15-13-14-16-28(36)40-22-19-25(33(7,8)9)30(38)26(20-22)34(10,11)12/h17-20,37-38H,13-16H2,1-12H3. The van der Waals surface area contributed by atoms with Crippen LogP contribution < -0.4 is 0 Å². The van der Waals surface area contributed by atoms with Crippen molar-refractivity contribution < 1.29 is 19.8 Å². The zero-order valence-corrected chi connectivity index (χ0v) is 28.3. The Balaban J connectivity index is 2.03. The van der Waals surface area contributed by atoms with Crippen LogP contribution in [0.15, 0.2) is 34.1 Å². The molecule has 4 nitrogen and oxygen atoms in total. The monoisotopic (exact) mass is 586 g/mol. The number of hydrogen-bond acceptors (Lipinski definition) is 6. The predicted molar refractivity (Wildman–Crippen MR) is 171 cm³/mol. The number of carbonyl (C=O) groups excluding carboxylic acids is 2. The zero-order valence-electron chi connectivity index (χ0n) is 26.7. The average Bonchev–Trinajstić information content (AvgIpc) is 2.75. The summed E-state index contributed by atoms with van der Waals surface area (Å²) in [7, 11) is 0. The molecule has 2 rings (SSSR count). The molecule has 2 N–H and O–H groups in total. The minimum absolute atomic E-state index is 0.0636. The summed E-state index contributed by atoms with van der Waals surface area (Å²) in [4.78, 5) is 27.4. The molecule has 0 saturated carbocycles. The lowest BCUT2D eigenvalue weighted by Gasteiger charge is -2.28. The van der Waals surface area contributed by atoms with Crippen LogP contribution >= 0.6 is 23.5 Å². The van der Waals surface area contributed by atoms with E-state index in [-0.39, 0.29) is 31.9 Å². The Bertz CT molecular complexity index is 1070. The second-order valence-corrected chi connectivity index (χ2v) is 17.2. The van der Waals surface area contributed by atoms with E-state index in [1.807, 2.05) is 24.3 Å². The van der Waals surface area contributed by atoms with Crippen LogP contribution in [0.1, 0.15) is 131 Å². The molecule has 0 aromatic heterocycles. The van der Waals surface area contributed by atoms with Gasteiger partial charge in [0.2, 0.25) is 0 Å². The van der Waals surface area contributed by atoms with E-state index < -0.39 is 0 Å². The number of unbranched alkanes of at least 4 members (excludes halogenated alkanes) is 1. The van der Waals surface area contributed by atoms with E-state index in [9.17, 15) is 19.8 Å². The van der Waals surface area contributed by atoms with Gasteiger partial charge in [-0.1, -0.05) is 107 Å². The quantitative estimate of drug-likeness (QED) is 0.248. The molecule has 6 heteroatoms. The van der Waals surface area contributed by atoms with Gasteiger partial charge in [-0.2, -0.15) is 0 Å². The van der Waals surface area contributed by atoms with E-state index >= 15 is 0 Å². The first-order chi connectivity index (χ1) is 18.0. The van der Waals surface area contributed by atoms with E-state index in [4.69, 9.17) is 0 Å². The maximum Gasteiger partial charge on any atom is 0.193 e. The van der Waals surface area contributed by atoms with Crippen LogP contribution in [0, 0.1) is 0 Å². The molecule has 0 radical (unpaired) electrons. The Kier molecular flexibility index (Phi) is 10.7. The van der Waals surface area contributed by atoms with Crippen LogP contribution in [0.5, 0.6) is 11.5 Å². The van der Waals surface area contributed by atoms with Crippen molar-refractivity contribution in [3.05, 3.63) is 46.5 Å². The maximum atomic E-state index is 12.8.